The molecule has 2 aromatic rings. The Labute approximate surface area is 174 Å². The van der Waals surface area contributed by atoms with E-state index in [1.54, 1.807) is 16.8 Å². The molecule has 1 atom stereocenters. The lowest BCUT2D eigenvalue weighted by atomic mass is 10.1. The molecule has 0 radical (unpaired) electrons. The highest BCUT2D eigenvalue weighted by atomic mass is 32.2. The number of ether oxygens (including phenoxy) is 1. The number of nitrogens with one attached hydrogen (secondary N) is 1. The van der Waals surface area contributed by atoms with Gasteiger partial charge in [-0.05, 0) is 25.0 Å². The van der Waals surface area contributed by atoms with Gasteiger partial charge >= 0.3 is 0 Å². The molecule has 0 fully saturated rings. The highest BCUT2D eigenvalue weighted by molar-refractivity contribution is 8.13. The van der Waals surface area contributed by atoms with Crippen LogP contribution in [-0.4, -0.2) is 28.4 Å². The lowest BCUT2D eigenvalue weighted by molar-refractivity contribution is -0.116. The average molecular weight is 409 g/mol. The number of para-hydroxylation sites is 2. The number of fused-ring (bicyclic) bond motifs is 2. The van der Waals surface area contributed by atoms with E-state index < -0.39 is 6.17 Å². The molecule has 0 aliphatic carbocycles. The van der Waals surface area contributed by atoms with E-state index in [1.807, 2.05) is 48.5 Å². The van der Waals surface area contributed by atoms with Gasteiger partial charge in [0.15, 0.2) is 11.3 Å². The van der Waals surface area contributed by atoms with E-state index in [2.05, 4.69) is 19.2 Å². The molecule has 0 unspecified atom stereocenters. The molecular formula is C22H24N4O2S. The van der Waals surface area contributed by atoms with Gasteiger partial charge in [0, 0.05) is 16.5 Å². The summed E-state index contributed by atoms with van der Waals surface area (Å²) in [6, 6.07) is 15.5. The summed E-state index contributed by atoms with van der Waals surface area (Å²) in [5.74, 6) is 1.50. The zero-order chi connectivity index (χ0) is 20.2. The third-order valence-electron chi connectivity index (χ3n) is 4.62. The first-order valence-electron chi connectivity index (χ1n) is 9.93. The molecule has 0 spiro atoms. The standard InChI is InChI=1S/C22H24N4O2S/c1-3-13-28-18-12-8-6-10-16(18)20-23-17-11-7-5-9-15(17)19-21(27)24-22(25-26(19)20)29-14-4-2/h5-12,20H,3-4,13-14H2,1-2H3,(H,24,25,27)/t20-/m0/s1. The van der Waals surface area contributed by atoms with E-state index in [0.29, 0.717) is 17.5 Å². The molecule has 2 aliphatic heterocycles. The zero-order valence-electron chi connectivity index (χ0n) is 16.6. The highest BCUT2D eigenvalue weighted by Crippen LogP contribution is 2.35. The molecule has 2 aromatic carbocycles. The number of carbonyl (C=O) groups excluding carboxylic acids is 1. The maximum atomic E-state index is 13.0. The number of amides is 1. The third-order valence-corrected chi connectivity index (χ3v) is 5.69. The second kappa shape index (κ2) is 8.69. The summed E-state index contributed by atoms with van der Waals surface area (Å²) < 4.78 is 5.98. The Bertz CT molecular complexity index is 1070. The van der Waals surface area contributed by atoms with Gasteiger partial charge < -0.3 is 4.74 Å². The van der Waals surface area contributed by atoms with Crippen LogP contribution in [0.3, 0.4) is 0 Å². The molecule has 7 heteroatoms. The quantitative estimate of drug-likeness (QED) is 0.798. The lowest BCUT2D eigenvalue weighted by Crippen LogP contribution is -2.50. The van der Waals surface area contributed by atoms with Gasteiger partial charge in [0.25, 0.3) is 5.91 Å². The summed E-state index contributed by atoms with van der Waals surface area (Å²) in [6.07, 6.45) is 1.45. The Kier molecular flexibility index (Phi) is 5.85. The smallest absolute Gasteiger partial charge is 0.276 e. The van der Waals surface area contributed by atoms with Crippen molar-refractivity contribution in [3.8, 4) is 5.75 Å². The maximum Gasteiger partial charge on any atom is 0.276 e. The summed E-state index contributed by atoms with van der Waals surface area (Å²) >= 11 is 1.54. The Balaban J connectivity index is 1.87. The number of benzene rings is 2. The van der Waals surface area contributed by atoms with Crippen molar-refractivity contribution < 1.29 is 9.53 Å². The molecular weight excluding hydrogens is 384 g/mol. The van der Waals surface area contributed by atoms with Gasteiger partial charge in [-0.1, -0.05) is 62.0 Å². The number of thioether (sulfide) groups is 1. The van der Waals surface area contributed by atoms with E-state index in [9.17, 15) is 4.79 Å². The Morgan fingerprint density at radius 1 is 1.10 bits per heavy atom. The normalized spacial score (nSPS) is 17.7. The van der Waals surface area contributed by atoms with Crippen molar-refractivity contribution in [3.63, 3.8) is 0 Å². The van der Waals surface area contributed by atoms with Crippen molar-refractivity contribution >= 4 is 28.5 Å². The Morgan fingerprint density at radius 3 is 2.72 bits per heavy atom. The van der Waals surface area contributed by atoms with Crippen molar-refractivity contribution in [1.82, 2.24) is 10.3 Å². The molecule has 4 rings (SSSR count). The van der Waals surface area contributed by atoms with Crippen molar-refractivity contribution in [2.75, 3.05) is 12.4 Å². The number of rotatable bonds is 6. The first-order valence-corrected chi connectivity index (χ1v) is 10.9. The third kappa shape index (κ3) is 3.87. The topological polar surface area (TPSA) is 66.3 Å². The van der Waals surface area contributed by atoms with Gasteiger partial charge in [-0.15, -0.1) is 5.10 Å². The number of hydrogen-bond donors (Lipinski definition) is 1. The van der Waals surface area contributed by atoms with Crippen LogP contribution in [0.5, 0.6) is 5.75 Å². The maximum absolute atomic E-state index is 13.0. The second-order valence-corrected chi connectivity index (χ2v) is 7.89. The van der Waals surface area contributed by atoms with E-state index in [1.165, 1.54) is 0 Å². The minimum atomic E-state index is -0.462. The van der Waals surface area contributed by atoms with Crippen molar-refractivity contribution in [1.29, 1.82) is 0 Å². The fourth-order valence-corrected chi connectivity index (χ4v) is 4.04. The van der Waals surface area contributed by atoms with Gasteiger partial charge in [-0.2, -0.15) is 0 Å². The number of hydrazone groups is 1. The van der Waals surface area contributed by atoms with E-state index in [0.717, 1.165) is 40.5 Å². The second-order valence-electron chi connectivity index (χ2n) is 6.81. The fraction of sp³-hybridized carbons (Fsp3) is 0.318. The predicted molar refractivity (Wildman–Crippen MR) is 116 cm³/mol. The van der Waals surface area contributed by atoms with Crippen LogP contribution in [0.15, 0.2) is 58.6 Å². The van der Waals surface area contributed by atoms with Crippen LogP contribution in [0.4, 0.5) is 0 Å². The fourth-order valence-electron chi connectivity index (χ4n) is 3.33. The predicted octanol–water partition coefficient (Wildman–Crippen LogP) is 2.76. The lowest BCUT2D eigenvalue weighted by Gasteiger charge is -2.34. The monoisotopic (exact) mass is 408 g/mol. The number of amidine groups is 1. The van der Waals surface area contributed by atoms with Crippen LogP contribution in [-0.2, 0) is 4.79 Å². The summed E-state index contributed by atoms with van der Waals surface area (Å²) in [7, 11) is 0. The molecule has 6 nitrogen and oxygen atoms in total. The van der Waals surface area contributed by atoms with Crippen molar-refractivity contribution in [2.45, 2.75) is 32.9 Å². The van der Waals surface area contributed by atoms with Crippen molar-refractivity contribution in [2.24, 2.45) is 10.1 Å². The Morgan fingerprint density at radius 2 is 1.90 bits per heavy atom. The molecule has 0 saturated heterocycles. The van der Waals surface area contributed by atoms with Gasteiger partial charge in [-0.3, -0.25) is 15.1 Å². The summed E-state index contributed by atoms with van der Waals surface area (Å²) in [5.41, 5.74) is 1.41. The molecule has 0 saturated carbocycles. The zero-order valence-corrected chi connectivity index (χ0v) is 17.4. The molecule has 1 amide bonds. The first-order chi connectivity index (χ1) is 14.2. The number of carbonyl (C=O) groups is 1. The number of hydrogen-bond acceptors (Lipinski definition) is 6. The van der Waals surface area contributed by atoms with E-state index in [4.69, 9.17) is 14.8 Å². The molecule has 150 valence electrons. The van der Waals surface area contributed by atoms with Gasteiger partial charge in [0.2, 0.25) is 0 Å². The summed E-state index contributed by atoms with van der Waals surface area (Å²) in [6.45, 7) is 4.80. The van der Waals surface area contributed by atoms with Crippen molar-refractivity contribution in [3.05, 3.63) is 64.7 Å². The van der Waals surface area contributed by atoms with Crippen LogP contribution < -0.4 is 20.6 Å². The SMILES string of the molecule is CCCOc1ccccc1[C@H]1N=c2ccccc2=C2C(=O)NC(SCCC)=NN21. The summed E-state index contributed by atoms with van der Waals surface area (Å²) in [5, 5.41) is 11.6. The van der Waals surface area contributed by atoms with Gasteiger partial charge in [0.1, 0.15) is 11.4 Å². The van der Waals surface area contributed by atoms with Crippen LogP contribution in [0.2, 0.25) is 0 Å². The largest absolute Gasteiger partial charge is 0.493 e. The van der Waals surface area contributed by atoms with E-state index in [-0.39, 0.29) is 5.91 Å². The highest BCUT2D eigenvalue weighted by Gasteiger charge is 2.35. The average Bonchev–Trinajstić information content (AvgIpc) is 2.75. The molecule has 29 heavy (non-hydrogen) atoms. The molecule has 0 aromatic heterocycles. The van der Waals surface area contributed by atoms with Crippen LogP contribution >= 0.6 is 11.8 Å². The van der Waals surface area contributed by atoms with Crippen LogP contribution in [0.1, 0.15) is 38.4 Å². The van der Waals surface area contributed by atoms with Gasteiger partial charge in [-0.25, -0.2) is 5.01 Å². The molecule has 2 aliphatic rings. The minimum Gasteiger partial charge on any atom is -0.493 e. The molecule has 1 N–H and O–H groups in total. The van der Waals surface area contributed by atoms with Crippen LogP contribution in [0, 0.1) is 0 Å². The van der Waals surface area contributed by atoms with E-state index >= 15 is 0 Å². The number of nitrogens with zero attached hydrogens (tertiary/aromatic N) is 3. The Hall–Kier alpha value is -2.80. The first kappa shape index (κ1) is 19.5. The summed E-state index contributed by atoms with van der Waals surface area (Å²) in [4.78, 5) is 18.0. The molecule has 2 heterocycles. The van der Waals surface area contributed by atoms with Crippen LogP contribution in [0.25, 0.3) is 5.70 Å². The molecule has 0 bridgehead atoms. The van der Waals surface area contributed by atoms with Gasteiger partial charge in [0.05, 0.1) is 12.0 Å². The minimum absolute atomic E-state index is 0.155.